The molecule has 0 aromatic heterocycles. The van der Waals surface area contributed by atoms with Crippen molar-refractivity contribution in [1.29, 1.82) is 0 Å². The van der Waals surface area contributed by atoms with E-state index >= 15 is 0 Å². The number of nitrogens with zero attached hydrogens (tertiary/aromatic N) is 1. The molecule has 4 heteroatoms. The van der Waals surface area contributed by atoms with Crippen LogP contribution in [0, 0.1) is 0 Å². The van der Waals surface area contributed by atoms with Gasteiger partial charge in [-0.05, 0) is 38.1 Å². The number of halogens is 1. The standard InChI is InChI=1S/C15H23ClN2O/c1-4-17-12(3)14-6-5-13(9-15(14)16)18-7-8-19-11(2)10-18/h5-6,9,11-12,17H,4,7-8,10H2,1-3H3. The van der Waals surface area contributed by atoms with Crippen molar-refractivity contribution in [3.63, 3.8) is 0 Å². The monoisotopic (exact) mass is 282 g/mol. The van der Waals surface area contributed by atoms with E-state index in [1.807, 2.05) is 0 Å². The van der Waals surface area contributed by atoms with Crippen LogP contribution in [-0.2, 0) is 4.74 Å². The van der Waals surface area contributed by atoms with Gasteiger partial charge in [-0.2, -0.15) is 0 Å². The quantitative estimate of drug-likeness (QED) is 0.918. The van der Waals surface area contributed by atoms with Gasteiger partial charge in [-0.15, -0.1) is 0 Å². The topological polar surface area (TPSA) is 24.5 Å². The van der Waals surface area contributed by atoms with Crippen LogP contribution >= 0.6 is 11.6 Å². The predicted molar refractivity (Wildman–Crippen MR) is 81.2 cm³/mol. The maximum absolute atomic E-state index is 6.42. The van der Waals surface area contributed by atoms with Gasteiger partial charge in [0.1, 0.15) is 0 Å². The minimum atomic E-state index is 0.285. The van der Waals surface area contributed by atoms with Crippen molar-refractivity contribution in [3.05, 3.63) is 28.8 Å². The third kappa shape index (κ3) is 3.62. The Kier molecular flexibility index (Phi) is 5.08. The summed E-state index contributed by atoms with van der Waals surface area (Å²) >= 11 is 6.42. The van der Waals surface area contributed by atoms with E-state index in [0.717, 1.165) is 36.8 Å². The summed E-state index contributed by atoms with van der Waals surface area (Å²) < 4.78 is 5.57. The summed E-state index contributed by atoms with van der Waals surface area (Å²) in [7, 11) is 0. The number of benzene rings is 1. The molecule has 0 spiro atoms. The van der Waals surface area contributed by atoms with E-state index in [2.05, 4.69) is 49.2 Å². The molecule has 1 aromatic rings. The third-order valence-electron chi connectivity index (χ3n) is 3.57. The van der Waals surface area contributed by atoms with Gasteiger partial charge in [0.2, 0.25) is 0 Å². The first kappa shape index (κ1) is 14.6. The van der Waals surface area contributed by atoms with Gasteiger partial charge in [0.05, 0.1) is 12.7 Å². The molecule has 19 heavy (non-hydrogen) atoms. The summed E-state index contributed by atoms with van der Waals surface area (Å²) in [6, 6.07) is 6.65. The average molecular weight is 283 g/mol. The van der Waals surface area contributed by atoms with E-state index in [1.54, 1.807) is 0 Å². The second-order valence-electron chi connectivity index (χ2n) is 5.11. The van der Waals surface area contributed by atoms with Gasteiger partial charge >= 0.3 is 0 Å². The molecule has 0 aliphatic carbocycles. The van der Waals surface area contributed by atoms with Crippen LogP contribution in [0.1, 0.15) is 32.4 Å². The molecular weight excluding hydrogens is 260 g/mol. The number of nitrogens with one attached hydrogen (secondary N) is 1. The minimum Gasteiger partial charge on any atom is -0.375 e. The first-order valence-electron chi connectivity index (χ1n) is 7.01. The Hall–Kier alpha value is -0.770. The molecule has 0 radical (unpaired) electrons. The summed E-state index contributed by atoms with van der Waals surface area (Å²) in [5.74, 6) is 0. The largest absolute Gasteiger partial charge is 0.375 e. The zero-order valence-electron chi connectivity index (χ0n) is 11.9. The lowest BCUT2D eigenvalue weighted by atomic mass is 10.1. The molecule has 3 nitrogen and oxygen atoms in total. The summed E-state index contributed by atoms with van der Waals surface area (Å²) in [5, 5.41) is 4.23. The Labute approximate surface area is 120 Å². The molecule has 2 atom stereocenters. The SMILES string of the molecule is CCNC(C)c1ccc(N2CCOC(C)C2)cc1Cl. The fraction of sp³-hybridized carbons (Fsp3) is 0.600. The van der Waals surface area contributed by atoms with Crippen LogP contribution in [0.5, 0.6) is 0 Å². The summed E-state index contributed by atoms with van der Waals surface area (Å²) in [6.07, 6.45) is 0.285. The molecule has 1 aliphatic heterocycles. The molecule has 1 aliphatic rings. The van der Waals surface area contributed by atoms with E-state index in [-0.39, 0.29) is 12.1 Å². The molecule has 2 rings (SSSR count). The second kappa shape index (κ2) is 6.60. The molecule has 1 aromatic carbocycles. The maximum Gasteiger partial charge on any atom is 0.0722 e. The normalized spacial score (nSPS) is 21.5. The first-order chi connectivity index (χ1) is 9.11. The average Bonchev–Trinajstić information content (AvgIpc) is 2.38. The van der Waals surface area contributed by atoms with E-state index in [4.69, 9.17) is 16.3 Å². The molecule has 1 saturated heterocycles. The zero-order valence-corrected chi connectivity index (χ0v) is 12.7. The van der Waals surface area contributed by atoms with Crippen LogP contribution in [0.4, 0.5) is 5.69 Å². The lowest BCUT2D eigenvalue weighted by molar-refractivity contribution is 0.0532. The van der Waals surface area contributed by atoms with Crippen LogP contribution in [0.3, 0.4) is 0 Å². The number of rotatable bonds is 4. The van der Waals surface area contributed by atoms with Crippen molar-refractivity contribution in [3.8, 4) is 0 Å². The van der Waals surface area contributed by atoms with Crippen molar-refractivity contribution >= 4 is 17.3 Å². The predicted octanol–water partition coefficient (Wildman–Crippen LogP) is 3.24. The van der Waals surface area contributed by atoms with E-state index < -0.39 is 0 Å². The Bertz CT molecular complexity index is 425. The lowest BCUT2D eigenvalue weighted by Gasteiger charge is -2.33. The fourth-order valence-corrected chi connectivity index (χ4v) is 2.87. The summed E-state index contributed by atoms with van der Waals surface area (Å²) in [5.41, 5.74) is 2.35. The van der Waals surface area contributed by atoms with Gasteiger partial charge in [-0.25, -0.2) is 0 Å². The van der Waals surface area contributed by atoms with Crippen LogP contribution < -0.4 is 10.2 Å². The molecular formula is C15H23ClN2O. The molecule has 0 amide bonds. The van der Waals surface area contributed by atoms with E-state index in [9.17, 15) is 0 Å². The molecule has 2 unspecified atom stereocenters. The molecule has 1 heterocycles. The van der Waals surface area contributed by atoms with Gasteiger partial charge in [0.15, 0.2) is 0 Å². The molecule has 1 fully saturated rings. The van der Waals surface area contributed by atoms with E-state index in [0.29, 0.717) is 0 Å². The van der Waals surface area contributed by atoms with Crippen molar-refractivity contribution in [2.24, 2.45) is 0 Å². The Morgan fingerprint density at radius 1 is 1.53 bits per heavy atom. The highest BCUT2D eigenvalue weighted by Crippen LogP contribution is 2.28. The zero-order chi connectivity index (χ0) is 13.8. The van der Waals surface area contributed by atoms with Crippen molar-refractivity contribution in [2.45, 2.75) is 32.9 Å². The number of hydrogen-bond acceptors (Lipinski definition) is 3. The smallest absolute Gasteiger partial charge is 0.0722 e. The van der Waals surface area contributed by atoms with Crippen LogP contribution in [0.15, 0.2) is 18.2 Å². The maximum atomic E-state index is 6.42. The highest BCUT2D eigenvalue weighted by atomic mass is 35.5. The second-order valence-corrected chi connectivity index (χ2v) is 5.52. The Morgan fingerprint density at radius 3 is 2.95 bits per heavy atom. The number of morpholine rings is 1. The molecule has 0 bridgehead atoms. The van der Waals surface area contributed by atoms with Gasteiger partial charge in [0.25, 0.3) is 0 Å². The molecule has 0 saturated carbocycles. The van der Waals surface area contributed by atoms with Gasteiger partial charge in [0, 0.05) is 29.8 Å². The van der Waals surface area contributed by atoms with Crippen LogP contribution in [0.2, 0.25) is 5.02 Å². The van der Waals surface area contributed by atoms with Gasteiger partial charge in [-0.1, -0.05) is 24.6 Å². The van der Waals surface area contributed by atoms with E-state index in [1.165, 1.54) is 5.69 Å². The van der Waals surface area contributed by atoms with Crippen molar-refractivity contribution in [1.82, 2.24) is 5.32 Å². The number of ether oxygens (including phenoxy) is 1. The number of anilines is 1. The molecule has 1 N–H and O–H groups in total. The summed E-state index contributed by atoms with van der Waals surface area (Å²) in [6.45, 7) is 9.94. The van der Waals surface area contributed by atoms with Gasteiger partial charge < -0.3 is 15.0 Å². The van der Waals surface area contributed by atoms with Crippen molar-refractivity contribution < 1.29 is 4.74 Å². The van der Waals surface area contributed by atoms with Crippen LogP contribution in [-0.4, -0.2) is 32.3 Å². The highest BCUT2D eigenvalue weighted by Gasteiger charge is 2.18. The first-order valence-corrected chi connectivity index (χ1v) is 7.39. The highest BCUT2D eigenvalue weighted by molar-refractivity contribution is 6.31. The van der Waals surface area contributed by atoms with Gasteiger partial charge in [-0.3, -0.25) is 0 Å². The Balaban J connectivity index is 2.14. The third-order valence-corrected chi connectivity index (χ3v) is 3.89. The fourth-order valence-electron chi connectivity index (χ4n) is 2.53. The number of hydrogen-bond donors (Lipinski definition) is 1. The van der Waals surface area contributed by atoms with Crippen molar-refractivity contribution in [2.75, 3.05) is 31.1 Å². The van der Waals surface area contributed by atoms with Crippen LogP contribution in [0.25, 0.3) is 0 Å². The lowest BCUT2D eigenvalue weighted by Crippen LogP contribution is -2.41. The Morgan fingerprint density at radius 2 is 2.32 bits per heavy atom. The minimum absolute atomic E-state index is 0.285. The molecule has 106 valence electrons. The summed E-state index contributed by atoms with van der Waals surface area (Å²) in [4.78, 5) is 2.34.